The van der Waals surface area contributed by atoms with Crippen LogP contribution in [0.5, 0.6) is 0 Å². The first-order valence-corrected chi connectivity index (χ1v) is 3.83. The summed E-state index contributed by atoms with van der Waals surface area (Å²) in [6, 6.07) is 0. The molecule has 5 heteroatoms. The van der Waals surface area contributed by atoms with Crippen molar-refractivity contribution in [3.63, 3.8) is 0 Å². The van der Waals surface area contributed by atoms with E-state index in [1.807, 2.05) is 0 Å². The topological polar surface area (TPSA) is 35.5 Å². The second-order valence-electron chi connectivity index (χ2n) is 1.12. The van der Waals surface area contributed by atoms with Crippen molar-refractivity contribution in [2.45, 2.75) is 13.8 Å². The van der Waals surface area contributed by atoms with Crippen LogP contribution >= 0.6 is 8.25 Å². The van der Waals surface area contributed by atoms with Crippen molar-refractivity contribution in [3.05, 3.63) is 7.43 Å². The molecular weight excluding hydrogens is 228 g/mol. The van der Waals surface area contributed by atoms with E-state index >= 15 is 0 Å². The maximum atomic E-state index is 10.4. The summed E-state index contributed by atoms with van der Waals surface area (Å²) in [5.74, 6) is 0. The van der Waals surface area contributed by atoms with Crippen molar-refractivity contribution >= 4 is 8.25 Å². The maximum absolute atomic E-state index is 10.4. The van der Waals surface area contributed by atoms with Crippen LogP contribution < -0.4 is 0 Å². The molecule has 3 nitrogen and oxygen atoms in total. The van der Waals surface area contributed by atoms with E-state index in [0.717, 1.165) is 0 Å². The van der Waals surface area contributed by atoms with E-state index in [0.29, 0.717) is 13.2 Å². The molecule has 1 radical (unpaired) electrons. The van der Waals surface area contributed by atoms with Crippen LogP contribution in [0.2, 0.25) is 0 Å². The summed E-state index contributed by atoms with van der Waals surface area (Å²) >= 11 is 0. The summed E-state index contributed by atoms with van der Waals surface area (Å²) in [6.07, 6.45) is 0. The smallest absolute Gasteiger partial charge is 0.319 e. The monoisotopic (exact) mass is 242 g/mol. The van der Waals surface area contributed by atoms with Crippen LogP contribution in [0.1, 0.15) is 13.8 Å². The second kappa shape index (κ2) is 12.9. The normalized spacial score (nSPS) is 8.30. The number of hydrogen-bond donors (Lipinski definition) is 0. The van der Waals surface area contributed by atoms with Crippen molar-refractivity contribution in [2.75, 3.05) is 13.2 Å². The van der Waals surface area contributed by atoms with Crippen LogP contribution in [0, 0.1) is 7.43 Å². The minimum atomic E-state index is -2.14. The molecule has 0 amide bonds. The predicted octanol–water partition coefficient (Wildman–Crippen LogP) is 1.90. The average Bonchev–Trinajstić information content (AvgIpc) is 1.68. The van der Waals surface area contributed by atoms with E-state index in [9.17, 15) is 4.57 Å². The van der Waals surface area contributed by atoms with Crippen molar-refractivity contribution < 1.29 is 46.3 Å². The van der Waals surface area contributed by atoms with E-state index in [4.69, 9.17) is 0 Å². The predicted molar refractivity (Wildman–Crippen MR) is 38.7 cm³/mol. The zero-order valence-corrected chi connectivity index (χ0v) is 10.6. The van der Waals surface area contributed by atoms with Crippen LogP contribution in [0.4, 0.5) is 0 Å². The molecular formula is C5H14O3PY-. The van der Waals surface area contributed by atoms with Gasteiger partial charge >= 0.3 is 8.25 Å². The molecule has 0 aliphatic heterocycles. The Morgan fingerprint density at radius 1 is 1.20 bits per heavy atom. The maximum Gasteiger partial charge on any atom is 0.319 e. The Bertz CT molecular complexity index is 71.3. The molecule has 0 unspecified atom stereocenters. The van der Waals surface area contributed by atoms with Gasteiger partial charge in [0, 0.05) is 32.7 Å². The Labute approximate surface area is 88.7 Å². The third kappa shape index (κ3) is 12.0. The van der Waals surface area contributed by atoms with Crippen LogP contribution in [-0.2, 0) is 46.3 Å². The molecule has 10 heavy (non-hydrogen) atoms. The second-order valence-corrected chi connectivity index (χ2v) is 2.19. The van der Waals surface area contributed by atoms with Gasteiger partial charge in [0.25, 0.3) is 0 Å². The Hall–Kier alpha value is 1.25. The van der Waals surface area contributed by atoms with Crippen molar-refractivity contribution in [1.82, 2.24) is 0 Å². The SMILES string of the molecule is CCO[PH](=O)OCC.[CH3-].[Y]. The summed E-state index contributed by atoms with van der Waals surface area (Å²) in [5.41, 5.74) is 0. The molecule has 0 saturated carbocycles. The summed E-state index contributed by atoms with van der Waals surface area (Å²) < 4.78 is 19.6. The molecule has 0 bridgehead atoms. The van der Waals surface area contributed by atoms with Gasteiger partial charge in [0.2, 0.25) is 0 Å². The van der Waals surface area contributed by atoms with Crippen LogP contribution in [0.25, 0.3) is 0 Å². The fourth-order valence-electron chi connectivity index (χ4n) is 0.277. The quantitative estimate of drug-likeness (QED) is 0.557. The van der Waals surface area contributed by atoms with Crippen LogP contribution in [-0.4, -0.2) is 13.2 Å². The van der Waals surface area contributed by atoms with E-state index < -0.39 is 8.25 Å². The summed E-state index contributed by atoms with van der Waals surface area (Å²) in [4.78, 5) is 0. The summed E-state index contributed by atoms with van der Waals surface area (Å²) in [7, 11) is -2.14. The van der Waals surface area contributed by atoms with Gasteiger partial charge in [-0.3, -0.25) is 4.57 Å². The van der Waals surface area contributed by atoms with Gasteiger partial charge in [0.05, 0.1) is 13.2 Å². The van der Waals surface area contributed by atoms with Gasteiger partial charge in [-0.1, -0.05) is 0 Å². The standard InChI is InChI=1S/C4H11O3P.CH3.Y/c1-3-6-8(5)7-4-2;;/h8H,3-4H2,1-2H3;1H3;/q;-1;. The summed E-state index contributed by atoms with van der Waals surface area (Å²) in [5, 5.41) is 0. The molecule has 0 atom stereocenters. The number of hydrogen-bond acceptors (Lipinski definition) is 3. The zero-order valence-electron chi connectivity index (χ0n) is 6.72. The van der Waals surface area contributed by atoms with Gasteiger partial charge in [-0.05, 0) is 13.8 Å². The molecule has 0 saturated heterocycles. The first kappa shape index (κ1) is 17.4. The van der Waals surface area contributed by atoms with Crippen LogP contribution in [0.15, 0.2) is 0 Å². The Morgan fingerprint density at radius 2 is 1.50 bits per heavy atom. The third-order valence-corrected chi connectivity index (χ3v) is 1.57. The molecule has 0 aliphatic carbocycles. The van der Waals surface area contributed by atoms with Gasteiger partial charge in [0.15, 0.2) is 0 Å². The van der Waals surface area contributed by atoms with Crippen LogP contribution in [0.3, 0.4) is 0 Å². The van der Waals surface area contributed by atoms with E-state index in [1.54, 1.807) is 13.8 Å². The molecule has 0 aromatic carbocycles. The van der Waals surface area contributed by atoms with E-state index in [2.05, 4.69) is 9.05 Å². The fourth-order valence-corrected chi connectivity index (χ4v) is 0.832. The molecule has 0 aliphatic rings. The molecule has 0 rings (SSSR count). The molecule has 0 heterocycles. The van der Waals surface area contributed by atoms with E-state index in [1.165, 1.54) is 0 Å². The molecule has 0 spiro atoms. The van der Waals surface area contributed by atoms with Gasteiger partial charge in [-0.2, -0.15) is 0 Å². The fraction of sp³-hybridized carbons (Fsp3) is 0.800. The zero-order chi connectivity index (χ0) is 6.41. The minimum Gasteiger partial charge on any atom is -0.358 e. The molecule has 61 valence electrons. The Morgan fingerprint density at radius 3 is 1.70 bits per heavy atom. The van der Waals surface area contributed by atoms with Crippen molar-refractivity contribution in [1.29, 1.82) is 0 Å². The van der Waals surface area contributed by atoms with E-state index in [-0.39, 0.29) is 40.1 Å². The molecule has 0 aromatic heterocycles. The van der Waals surface area contributed by atoms with Gasteiger partial charge in [-0.25, -0.2) is 0 Å². The largest absolute Gasteiger partial charge is 0.358 e. The van der Waals surface area contributed by atoms with Crippen molar-refractivity contribution in [3.8, 4) is 0 Å². The molecule has 0 aromatic rings. The number of rotatable bonds is 4. The first-order chi connectivity index (χ1) is 3.81. The minimum absolute atomic E-state index is 0. The molecule has 0 N–H and O–H groups in total. The Kier molecular flexibility index (Phi) is 22.4. The molecule has 0 fully saturated rings. The Balaban J connectivity index is -0.000000245. The van der Waals surface area contributed by atoms with Crippen molar-refractivity contribution in [2.24, 2.45) is 0 Å². The summed E-state index contributed by atoms with van der Waals surface area (Å²) in [6.45, 7) is 4.47. The van der Waals surface area contributed by atoms with Gasteiger partial charge in [-0.15, -0.1) is 0 Å². The van der Waals surface area contributed by atoms with Gasteiger partial charge < -0.3 is 16.5 Å². The average molecular weight is 242 g/mol. The first-order valence-electron chi connectivity index (χ1n) is 2.60. The van der Waals surface area contributed by atoms with Gasteiger partial charge in [0.1, 0.15) is 0 Å². The third-order valence-electron chi connectivity index (χ3n) is 0.524.